The Hall–Kier alpha value is -2.11. The maximum absolute atomic E-state index is 13.8. The topological polar surface area (TPSA) is 17.1 Å². The van der Waals surface area contributed by atoms with Gasteiger partial charge in [0.15, 0.2) is 7.14 Å². The van der Waals surface area contributed by atoms with Crippen LogP contribution in [0.3, 0.4) is 0 Å². The van der Waals surface area contributed by atoms with Crippen molar-refractivity contribution < 1.29 is 4.57 Å². The zero-order valence-corrected chi connectivity index (χ0v) is 12.0. The smallest absolute Gasteiger partial charge is 0.171 e. The largest absolute Gasteiger partial charge is 0.309 e. The highest BCUT2D eigenvalue weighted by atomic mass is 31.2. The van der Waals surface area contributed by atoms with Gasteiger partial charge in [-0.3, -0.25) is 0 Å². The van der Waals surface area contributed by atoms with Crippen LogP contribution in [0, 0.1) is 0 Å². The highest BCUT2D eigenvalue weighted by molar-refractivity contribution is 7.82. The molecule has 0 aromatic heterocycles. The molecule has 0 amide bonds. The average molecular weight is 278 g/mol. The summed E-state index contributed by atoms with van der Waals surface area (Å²) in [5, 5.41) is 2.48. The Bertz CT molecular complexity index is 754. The van der Waals surface area contributed by atoms with Gasteiger partial charge >= 0.3 is 0 Å². The third-order valence-electron chi connectivity index (χ3n) is 3.48. The summed E-state index contributed by atoms with van der Waals surface area (Å²) < 4.78 is 13.8. The molecule has 0 N–H and O–H groups in total. The molecule has 1 aliphatic heterocycles. The zero-order valence-electron chi connectivity index (χ0n) is 11.1. The Balaban J connectivity index is 2.35. The second-order valence-corrected chi connectivity index (χ2v) is 7.46. The molecule has 0 radical (unpaired) electrons. The van der Waals surface area contributed by atoms with Gasteiger partial charge in [-0.05, 0) is 11.6 Å². The molecule has 3 rings (SSSR count). The quantitative estimate of drug-likeness (QED) is 0.756. The van der Waals surface area contributed by atoms with Gasteiger partial charge in [0, 0.05) is 15.9 Å². The lowest BCUT2D eigenvalue weighted by Crippen LogP contribution is -2.17. The van der Waals surface area contributed by atoms with Gasteiger partial charge in [0.25, 0.3) is 0 Å². The molecule has 1 heterocycles. The molecule has 1 nitrogen and oxygen atoms in total. The minimum atomic E-state index is -2.82. The van der Waals surface area contributed by atoms with E-state index in [1.165, 1.54) is 0 Å². The lowest BCUT2D eigenvalue weighted by Gasteiger charge is -2.21. The van der Waals surface area contributed by atoms with E-state index in [9.17, 15) is 4.57 Å². The van der Waals surface area contributed by atoms with Crippen LogP contribution in [0.4, 0.5) is 0 Å². The van der Waals surface area contributed by atoms with Gasteiger partial charge in [0.2, 0.25) is 0 Å². The Labute approximate surface area is 119 Å². The molecule has 2 bridgehead atoms. The molecule has 0 spiro atoms. The summed E-state index contributed by atoms with van der Waals surface area (Å²) in [6.45, 7) is 3.84. The van der Waals surface area contributed by atoms with Crippen LogP contribution in [0.1, 0.15) is 5.56 Å². The molecule has 98 valence electrons. The number of benzene rings is 2. The molecule has 2 heteroatoms. The van der Waals surface area contributed by atoms with E-state index in [0.717, 1.165) is 21.5 Å². The minimum Gasteiger partial charge on any atom is -0.309 e. The van der Waals surface area contributed by atoms with Gasteiger partial charge < -0.3 is 4.57 Å². The predicted octanol–water partition coefficient (Wildman–Crippen LogP) is 4.10. The molecule has 0 aliphatic carbocycles. The highest BCUT2D eigenvalue weighted by Crippen LogP contribution is 2.52. The summed E-state index contributed by atoms with van der Waals surface area (Å²) in [6.07, 6.45) is 7.56. The number of hydrogen-bond donors (Lipinski definition) is 0. The van der Waals surface area contributed by atoms with Crippen molar-refractivity contribution in [2.24, 2.45) is 0 Å². The second-order valence-electron chi connectivity index (χ2n) is 4.69. The van der Waals surface area contributed by atoms with Gasteiger partial charge in [-0.25, -0.2) is 0 Å². The van der Waals surface area contributed by atoms with E-state index < -0.39 is 7.14 Å². The maximum Gasteiger partial charge on any atom is 0.171 e. The summed E-state index contributed by atoms with van der Waals surface area (Å²) in [4.78, 5) is 0. The summed E-state index contributed by atoms with van der Waals surface area (Å²) in [6, 6.07) is 17.6. The zero-order chi connectivity index (χ0) is 14.0. The molecule has 1 atom stereocenters. The average Bonchev–Trinajstić information content (AvgIpc) is 2.51. The summed E-state index contributed by atoms with van der Waals surface area (Å²) in [5.41, 5.74) is 1.07. The first-order valence-electron chi connectivity index (χ1n) is 6.53. The number of hydrogen-bond acceptors (Lipinski definition) is 1. The Morgan fingerprint density at radius 1 is 0.950 bits per heavy atom. The SMILES string of the molecule is C=C/C1=C\C=C/c2cccc(c2)[P@@]1(=O)c1ccccc1. The highest BCUT2D eigenvalue weighted by Gasteiger charge is 2.30. The van der Waals surface area contributed by atoms with E-state index in [1.54, 1.807) is 6.08 Å². The van der Waals surface area contributed by atoms with Crippen LogP contribution in [-0.2, 0) is 4.57 Å². The monoisotopic (exact) mass is 278 g/mol. The first kappa shape index (κ1) is 12.9. The first-order valence-corrected chi connectivity index (χ1v) is 8.23. The minimum absolute atomic E-state index is 0.775. The molecule has 2 aromatic carbocycles. The predicted molar refractivity (Wildman–Crippen MR) is 87.1 cm³/mol. The number of fused-ring (bicyclic) bond motifs is 2. The lowest BCUT2D eigenvalue weighted by atomic mass is 10.2. The first-order chi connectivity index (χ1) is 9.75. The van der Waals surface area contributed by atoms with Crippen molar-refractivity contribution >= 4 is 23.8 Å². The van der Waals surface area contributed by atoms with Crippen LogP contribution >= 0.6 is 7.14 Å². The van der Waals surface area contributed by atoms with Crippen LogP contribution in [0.15, 0.2) is 84.7 Å². The molecule has 0 saturated carbocycles. The number of allylic oxidation sites excluding steroid dienone is 4. The van der Waals surface area contributed by atoms with Gasteiger partial charge in [-0.2, -0.15) is 0 Å². The van der Waals surface area contributed by atoms with E-state index in [-0.39, 0.29) is 0 Å². The second kappa shape index (κ2) is 5.11. The van der Waals surface area contributed by atoms with Crippen molar-refractivity contribution in [2.75, 3.05) is 0 Å². The van der Waals surface area contributed by atoms with Crippen molar-refractivity contribution in [3.63, 3.8) is 0 Å². The van der Waals surface area contributed by atoms with E-state index >= 15 is 0 Å². The van der Waals surface area contributed by atoms with Crippen molar-refractivity contribution in [2.45, 2.75) is 0 Å². The van der Waals surface area contributed by atoms with Crippen molar-refractivity contribution in [3.8, 4) is 0 Å². The molecule has 1 aliphatic rings. The van der Waals surface area contributed by atoms with Crippen LogP contribution in [0.25, 0.3) is 6.08 Å². The van der Waals surface area contributed by atoms with Gasteiger partial charge in [-0.15, -0.1) is 0 Å². The van der Waals surface area contributed by atoms with Crippen LogP contribution in [0.2, 0.25) is 0 Å². The molecular weight excluding hydrogens is 263 g/mol. The van der Waals surface area contributed by atoms with Crippen molar-refractivity contribution in [1.82, 2.24) is 0 Å². The molecule has 0 saturated heterocycles. The fourth-order valence-electron chi connectivity index (χ4n) is 2.47. The maximum atomic E-state index is 13.8. The van der Waals surface area contributed by atoms with Gasteiger partial charge in [0.1, 0.15) is 0 Å². The normalized spacial score (nSPS) is 24.9. The standard InChI is InChI=1S/C18H15OP/c1-2-16-12-6-8-15-9-7-13-18(14-15)20(16,19)17-10-4-3-5-11-17/h2-14H,1H2/b8-6-,16-12+/t20-/m0/s1. The molecule has 0 fully saturated rings. The van der Waals surface area contributed by atoms with Gasteiger partial charge in [-0.1, -0.05) is 79.4 Å². The summed E-state index contributed by atoms with van der Waals surface area (Å²) >= 11 is 0. The fraction of sp³-hybridized carbons (Fsp3) is 0. The van der Waals surface area contributed by atoms with Gasteiger partial charge in [0.05, 0.1) is 0 Å². The van der Waals surface area contributed by atoms with Crippen LogP contribution < -0.4 is 10.6 Å². The summed E-state index contributed by atoms with van der Waals surface area (Å²) in [5.74, 6) is 0. The summed E-state index contributed by atoms with van der Waals surface area (Å²) in [7, 11) is -2.82. The van der Waals surface area contributed by atoms with E-state index in [2.05, 4.69) is 6.58 Å². The molecule has 2 aromatic rings. The number of rotatable bonds is 2. The van der Waals surface area contributed by atoms with E-state index in [1.807, 2.05) is 72.8 Å². The third-order valence-corrected chi connectivity index (χ3v) is 6.57. The third kappa shape index (κ3) is 2.01. The van der Waals surface area contributed by atoms with E-state index in [4.69, 9.17) is 0 Å². The fourth-order valence-corrected chi connectivity index (χ4v) is 5.14. The Morgan fingerprint density at radius 2 is 1.70 bits per heavy atom. The Kier molecular flexibility index (Phi) is 3.30. The molecule has 20 heavy (non-hydrogen) atoms. The van der Waals surface area contributed by atoms with Crippen molar-refractivity contribution in [1.29, 1.82) is 0 Å². The van der Waals surface area contributed by atoms with Crippen LogP contribution in [0.5, 0.6) is 0 Å². The van der Waals surface area contributed by atoms with Crippen molar-refractivity contribution in [3.05, 3.63) is 90.3 Å². The van der Waals surface area contributed by atoms with Crippen LogP contribution in [-0.4, -0.2) is 0 Å². The lowest BCUT2D eigenvalue weighted by molar-refractivity contribution is 0.591. The van der Waals surface area contributed by atoms with E-state index in [0.29, 0.717) is 0 Å². The molecular formula is C18H15OP. The molecule has 0 unspecified atom stereocenters. The Morgan fingerprint density at radius 3 is 2.45 bits per heavy atom.